The van der Waals surface area contributed by atoms with E-state index >= 15 is 0 Å². The lowest BCUT2D eigenvalue weighted by atomic mass is 10.0. The van der Waals surface area contributed by atoms with Gasteiger partial charge in [-0.25, -0.2) is 8.42 Å². The van der Waals surface area contributed by atoms with Crippen LogP contribution >= 0.6 is 0 Å². The number of fused-ring (bicyclic) bond motifs is 2. The fourth-order valence-corrected chi connectivity index (χ4v) is 5.49. The number of unbranched alkanes of at least 4 members (excludes halogenated alkanes) is 4. The summed E-state index contributed by atoms with van der Waals surface area (Å²) in [7, 11) is -4.45. The second kappa shape index (κ2) is 14.6. The normalized spacial score (nSPS) is 12.0. The van der Waals surface area contributed by atoms with E-state index in [1.54, 1.807) is 18.2 Å². The third kappa shape index (κ3) is 8.89. The molecule has 0 aromatic heterocycles. The van der Waals surface area contributed by atoms with Crippen molar-refractivity contribution < 1.29 is 17.5 Å². The molecule has 0 saturated carbocycles. The Kier molecular flexibility index (Phi) is 12.2. The molecule has 0 bridgehead atoms. The predicted molar refractivity (Wildman–Crippen MR) is 149 cm³/mol. The highest BCUT2D eigenvalue weighted by Gasteiger charge is 2.24. The molecule has 0 saturated heterocycles. The third-order valence-corrected chi connectivity index (χ3v) is 7.81. The van der Waals surface area contributed by atoms with Crippen LogP contribution in [0, 0.1) is 0 Å². The van der Waals surface area contributed by atoms with Crippen molar-refractivity contribution in [2.24, 2.45) is 0 Å². The van der Waals surface area contributed by atoms with Crippen molar-refractivity contribution in [3.05, 3.63) is 54.6 Å². The molecule has 194 valence electrons. The zero-order valence-corrected chi connectivity index (χ0v) is 23.1. The number of rotatable bonds is 13. The van der Waals surface area contributed by atoms with Gasteiger partial charge in [0.05, 0.1) is 31.1 Å². The minimum atomic E-state index is -4.45. The molecule has 35 heavy (non-hydrogen) atoms. The van der Waals surface area contributed by atoms with Crippen LogP contribution in [0.15, 0.2) is 59.5 Å². The molecule has 3 rings (SSSR count). The van der Waals surface area contributed by atoms with Gasteiger partial charge in [0, 0.05) is 0 Å². The number of hydrogen-bond acceptors (Lipinski definition) is 3. The first-order chi connectivity index (χ1) is 16.8. The molecular formula is C30H45NO3S. The Hall–Kier alpha value is -1.95. The van der Waals surface area contributed by atoms with Gasteiger partial charge in [-0.15, -0.1) is 0 Å². The lowest BCUT2D eigenvalue weighted by Gasteiger charge is -2.39. The molecule has 0 atom stereocenters. The SMILES string of the molecule is CCCC[N+](CCCC)(CCCC)CCCC.O=S(=O)([O-])c1cccc2cc3ccccc3cc12. The van der Waals surface area contributed by atoms with E-state index in [-0.39, 0.29) is 4.90 Å². The van der Waals surface area contributed by atoms with Gasteiger partial charge >= 0.3 is 0 Å². The molecule has 0 amide bonds. The summed E-state index contributed by atoms with van der Waals surface area (Å²) in [6.45, 7) is 15.0. The maximum absolute atomic E-state index is 11.2. The highest BCUT2D eigenvalue weighted by atomic mass is 32.2. The Morgan fingerprint density at radius 3 is 1.49 bits per heavy atom. The van der Waals surface area contributed by atoms with Crippen LogP contribution in [0.5, 0.6) is 0 Å². The van der Waals surface area contributed by atoms with Gasteiger partial charge < -0.3 is 9.04 Å². The summed E-state index contributed by atoms with van der Waals surface area (Å²) in [6, 6.07) is 16.0. The van der Waals surface area contributed by atoms with E-state index in [2.05, 4.69) is 27.7 Å². The molecule has 0 aliphatic carbocycles. The van der Waals surface area contributed by atoms with Crippen LogP contribution in [0.2, 0.25) is 0 Å². The van der Waals surface area contributed by atoms with E-state index in [0.717, 1.165) is 16.2 Å². The van der Waals surface area contributed by atoms with Gasteiger partial charge in [0.15, 0.2) is 0 Å². The summed E-state index contributed by atoms with van der Waals surface area (Å²) in [4.78, 5) is -0.161. The molecular weight excluding hydrogens is 454 g/mol. The first-order valence-corrected chi connectivity index (χ1v) is 14.9. The highest BCUT2D eigenvalue weighted by molar-refractivity contribution is 7.86. The molecule has 0 fully saturated rings. The van der Waals surface area contributed by atoms with Crippen molar-refractivity contribution in [3.63, 3.8) is 0 Å². The molecule has 0 aliphatic rings. The van der Waals surface area contributed by atoms with Crippen LogP contribution < -0.4 is 0 Å². The van der Waals surface area contributed by atoms with E-state index in [0.29, 0.717) is 5.39 Å². The Balaban J connectivity index is 0.000000248. The van der Waals surface area contributed by atoms with Crippen LogP contribution in [0.1, 0.15) is 79.1 Å². The number of nitrogens with zero attached hydrogens (tertiary/aromatic N) is 1. The Morgan fingerprint density at radius 2 is 1.06 bits per heavy atom. The van der Waals surface area contributed by atoms with Crippen molar-refractivity contribution in [2.45, 2.75) is 84.0 Å². The maximum atomic E-state index is 11.2. The van der Waals surface area contributed by atoms with Crippen LogP contribution in [0.25, 0.3) is 21.5 Å². The molecule has 0 unspecified atom stereocenters. The summed E-state index contributed by atoms with van der Waals surface area (Å²) in [6.07, 6.45) is 11.1. The molecule has 3 aromatic carbocycles. The van der Waals surface area contributed by atoms with Crippen molar-refractivity contribution >= 4 is 31.7 Å². The van der Waals surface area contributed by atoms with E-state index < -0.39 is 10.1 Å². The van der Waals surface area contributed by atoms with Gasteiger partial charge in [0.25, 0.3) is 0 Å². The average molecular weight is 500 g/mol. The fourth-order valence-electron chi connectivity index (χ4n) is 4.80. The minimum absolute atomic E-state index is 0.161. The smallest absolute Gasteiger partial charge is 0.125 e. The molecule has 0 radical (unpaired) electrons. The molecule has 0 N–H and O–H groups in total. The van der Waals surface area contributed by atoms with Crippen LogP contribution in [-0.2, 0) is 10.1 Å². The first kappa shape index (κ1) is 29.3. The molecule has 4 nitrogen and oxygen atoms in total. The lowest BCUT2D eigenvalue weighted by Crippen LogP contribution is -2.50. The highest BCUT2D eigenvalue weighted by Crippen LogP contribution is 2.27. The van der Waals surface area contributed by atoms with Crippen molar-refractivity contribution in [1.82, 2.24) is 0 Å². The van der Waals surface area contributed by atoms with E-state index in [9.17, 15) is 13.0 Å². The second-order valence-corrected chi connectivity index (χ2v) is 11.1. The Labute approximate surface area is 213 Å². The van der Waals surface area contributed by atoms with Crippen molar-refractivity contribution in [2.75, 3.05) is 26.2 Å². The van der Waals surface area contributed by atoms with E-state index in [1.165, 1.54) is 88.1 Å². The van der Waals surface area contributed by atoms with Gasteiger partial charge in [-0.3, -0.25) is 0 Å². The maximum Gasteiger partial charge on any atom is 0.125 e. The predicted octanol–water partition coefficient (Wildman–Crippen LogP) is 7.90. The monoisotopic (exact) mass is 499 g/mol. The van der Waals surface area contributed by atoms with Crippen molar-refractivity contribution in [1.29, 1.82) is 0 Å². The van der Waals surface area contributed by atoms with Crippen LogP contribution in [0.3, 0.4) is 0 Å². The van der Waals surface area contributed by atoms with Gasteiger partial charge in [-0.1, -0.05) is 89.8 Å². The zero-order chi connectivity index (χ0) is 25.7. The largest absolute Gasteiger partial charge is 0.744 e. The van der Waals surface area contributed by atoms with Gasteiger partial charge in [0.2, 0.25) is 0 Å². The molecule has 5 heteroatoms. The minimum Gasteiger partial charge on any atom is -0.744 e. The molecule has 0 aliphatic heterocycles. The van der Waals surface area contributed by atoms with Gasteiger partial charge in [-0.05, 0) is 65.4 Å². The Bertz CT molecular complexity index is 1100. The molecule has 0 heterocycles. The summed E-state index contributed by atoms with van der Waals surface area (Å²) in [5, 5.41) is 3.17. The van der Waals surface area contributed by atoms with Gasteiger partial charge in [0.1, 0.15) is 10.1 Å². The Morgan fingerprint density at radius 1 is 0.629 bits per heavy atom. The van der Waals surface area contributed by atoms with E-state index in [4.69, 9.17) is 0 Å². The van der Waals surface area contributed by atoms with Gasteiger partial charge in [-0.2, -0.15) is 0 Å². The first-order valence-electron chi connectivity index (χ1n) is 13.5. The standard InChI is InChI=1S/C16H36N.C14H10O3S/c1-5-9-13-17(14-10-6-2,15-11-7-3)16-12-8-4;15-18(16,17)14-7-3-6-12-8-10-4-1-2-5-11(10)9-13(12)14/h5-16H2,1-4H3;1-9H,(H,15,16,17)/q+1;/p-1. The lowest BCUT2D eigenvalue weighted by molar-refractivity contribution is -0.929. The fraction of sp³-hybridized carbons (Fsp3) is 0.533. The molecule has 0 spiro atoms. The van der Waals surface area contributed by atoms with Crippen molar-refractivity contribution in [3.8, 4) is 0 Å². The zero-order valence-electron chi connectivity index (χ0n) is 22.3. The molecule has 3 aromatic rings. The second-order valence-electron chi connectivity index (χ2n) is 9.78. The quantitative estimate of drug-likeness (QED) is 0.136. The number of hydrogen-bond donors (Lipinski definition) is 0. The number of benzene rings is 3. The summed E-state index contributed by atoms with van der Waals surface area (Å²) >= 11 is 0. The summed E-state index contributed by atoms with van der Waals surface area (Å²) < 4.78 is 35.1. The van der Waals surface area contributed by atoms with E-state index in [1.807, 2.05) is 30.3 Å². The third-order valence-electron chi connectivity index (χ3n) is 6.92. The summed E-state index contributed by atoms with van der Waals surface area (Å²) in [5.74, 6) is 0. The summed E-state index contributed by atoms with van der Waals surface area (Å²) in [5.41, 5.74) is 0. The van der Waals surface area contributed by atoms with Crippen LogP contribution in [-0.4, -0.2) is 43.6 Å². The van der Waals surface area contributed by atoms with Crippen LogP contribution in [0.4, 0.5) is 0 Å². The number of quaternary nitrogens is 1. The average Bonchev–Trinajstić information content (AvgIpc) is 2.86. The topological polar surface area (TPSA) is 57.2 Å².